The van der Waals surface area contributed by atoms with Gasteiger partial charge in [-0.15, -0.1) is 0 Å². The molecular weight excluding hydrogens is 568 g/mol. The van der Waals surface area contributed by atoms with Crippen LogP contribution in [0.4, 0.5) is 11.6 Å². The van der Waals surface area contributed by atoms with Crippen molar-refractivity contribution in [3.63, 3.8) is 0 Å². The zero-order chi connectivity index (χ0) is 31.4. The Morgan fingerprint density at radius 2 is 0.957 bits per heavy atom. The minimum Gasteiger partial charge on any atom is -0.302 e. The molecule has 0 fully saturated rings. The molecular formula is C40H30N4O2. The number of ketones is 2. The van der Waals surface area contributed by atoms with E-state index in [1.54, 1.807) is 6.08 Å². The van der Waals surface area contributed by atoms with Gasteiger partial charge in [0.05, 0.1) is 28.7 Å². The van der Waals surface area contributed by atoms with E-state index in [0.29, 0.717) is 11.1 Å². The summed E-state index contributed by atoms with van der Waals surface area (Å²) in [6.45, 7) is 4.28. The van der Waals surface area contributed by atoms with Crippen LogP contribution in [0.25, 0.3) is 21.8 Å². The summed E-state index contributed by atoms with van der Waals surface area (Å²) in [6, 6.07) is 39.6. The van der Waals surface area contributed by atoms with Gasteiger partial charge in [-0.2, -0.15) is 0 Å². The minimum absolute atomic E-state index is 0.134. The van der Waals surface area contributed by atoms with Crippen LogP contribution in [-0.4, -0.2) is 21.5 Å². The average Bonchev–Trinajstić information content (AvgIpc) is 3.54. The number of para-hydroxylation sites is 2. The minimum atomic E-state index is -0.259. The fourth-order valence-corrected chi connectivity index (χ4v) is 6.64. The van der Waals surface area contributed by atoms with E-state index in [2.05, 4.69) is 47.9 Å². The van der Waals surface area contributed by atoms with Crippen LogP contribution >= 0.6 is 0 Å². The molecule has 0 spiro atoms. The van der Waals surface area contributed by atoms with Gasteiger partial charge in [-0.3, -0.25) is 9.59 Å². The predicted molar refractivity (Wildman–Crippen MR) is 183 cm³/mol. The Balaban J connectivity index is 1.33. The molecule has 8 rings (SSSR count). The smallest absolute Gasteiger partial charge is 0.197 e. The summed E-state index contributed by atoms with van der Waals surface area (Å²) >= 11 is 0. The summed E-state index contributed by atoms with van der Waals surface area (Å²) in [7, 11) is 0. The van der Waals surface area contributed by atoms with Gasteiger partial charge >= 0.3 is 0 Å². The third-order valence-electron chi connectivity index (χ3n) is 9.09. The predicted octanol–water partition coefficient (Wildman–Crippen LogP) is 8.78. The molecule has 222 valence electrons. The van der Waals surface area contributed by atoms with Gasteiger partial charge in [0.25, 0.3) is 0 Å². The van der Waals surface area contributed by atoms with Crippen molar-refractivity contribution >= 4 is 45.0 Å². The second-order valence-electron chi connectivity index (χ2n) is 11.8. The molecule has 0 radical (unpaired) electrons. The van der Waals surface area contributed by atoms with Crippen molar-refractivity contribution in [3.05, 3.63) is 167 Å². The maximum Gasteiger partial charge on any atom is 0.197 e. The summed E-state index contributed by atoms with van der Waals surface area (Å²) in [5, 5.41) is 1.87. The van der Waals surface area contributed by atoms with Crippen LogP contribution in [0.1, 0.15) is 57.8 Å². The first-order valence-corrected chi connectivity index (χ1v) is 15.5. The van der Waals surface area contributed by atoms with Crippen LogP contribution in [0.5, 0.6) is 0 Å². The number of hydrogen-bond donors (Lipinski definition) is 0. The highest BCUT2D eigenvalue weighted by atomic mass is 16.2. The molecule has 0 bridgehead atoms. The quantitative estimate of drug-likeness (QED) is 0.146. The van der Waals surface area contributed by atoms with E-state index in [-0.39, 0.29) is 29.2 Å². The SMILES string of the molecule is CC(c1ccccc1)N1C(=CC=C2C(=O)c3cc4ccccc4cc3C2=O)N(C(C)c2ccccc2)c2nc3ccccc3nc21. The van der Waals surface area contributed by atoms with Crippen LogP contribution in [0, 0.1) is 0 Å². The van der Waals surface area contributed by atoms with Crippen molar-refractivity contribution in [2.45, 2.75) is 25.9 Å². The number of nitrogens with zero attached hydrogens (tertiary/aromatic N) is 4. The number of aromatic nitrogens is 2. The maximum atomic E-state index is 13.7. The fourth-order valence-electron chi connectivity index (χ4n) is 6.64. The second-order valence-corrected chi connectivity index (χ2v) is 11.8. The van der Waals surface area contributed by atoms with Gasteiger partial charge < -0.3 is 9.80 Å². The average molecular weight is 599 g/mol. The van der Waals surface area contributed by atoms with Crippen LogP contribution in [0.2, 0.25) is 0 Å². The molecule has 1 aliphatic heterocycles. The molecule has 46 heavy (non-hydrogen) atoms. The zero-order valence-electron chi connectivity index (χ0n) is 25.5. The van der Waals surface area contributed by atoms with Crippen LogP contribution < -0.4 is 9.80 Å². The van der Waals surface area contributed by atoms with Gasteiger partial charge in [-0.25, -0.2) is 9.97 Å². The third kappa shape index (κ3) is 4.41. The summed E-state index contributed by atoms with van der Waals surface area (Å²) in [6.07, 6.45) is 3.58. The number of benzene rings is 5. The number of fused-ring (bicyclic) bond motifs is 4. The molecule has 1 aromatic heterocycles. The van der Waals surface area contributed by atoms with Crippen molar-refractivity contribution in [3.8, 4) is 0 Å². The zero-order valence-corrected chi connectivity index (χ0v) is 25.5. The standard InChI is InChI=1S/C40H30N4O2/c1-25(27-13-5-3-6-14-27)43-36(22-21-31-37(45)32-23-29-17-9-10-18-30(29)24-33(32)38(31)46)44(26(2)28-15-7-4-8-16-28)40-39(43)41-34-19-11-12-20-35(34)42-40/h3-26H,1-2H3. The first-order chi connectivity index (χ1) is 22.5. The number of carbonyl (C=O) groups is 2. The Labute approximate surface area is 267 Å². The Kier molecular flexibility index (Phi) is 6.57. The highest BCUT2D eigenvalue weighted by Crippen LogP contribution is 2.48. The normalized spacial score (nSPS) is 15.3. The van der Waals surface area contributed by atoms with Crippen molar-refractivity contribution in [2.24, 2.45) is 0 Å². The van der Waals surface area contributed by atoms with E-state index < -0.39 is 0 Å². The Bertz CT molecular complexity index is 2090. The molecule has 0 amide bonds. The lowest BCUT2D eigenvalue weighted by molar-refractivity contribution is 0.0988. The summed E-state index contributed by atoms with van der Waals surface area (Å²) in [5.74, 6) is 1.71. The van der Waals surface area contributed by atoms with Crippen molar-refractivity contribution in [2.75, 3.05) is 9.80 Å². The molecule has 0 saturated heterocycles. The lowest BCUT2D eigenvalue weighted by atomic mass is 10.0. The molecule has 2 aliphatic rings. The van der Waals surface area contributed by atoms with Crippen LogP contribution in [-0.2, 0) is 0 Å². The summed E-state index contributed by atoms with van der Waals surface area (Å²) in [4.78, 5) is 42.1. The van der Waals surface area contributed by atoms with Crippen LogP contribution in [0.15, 0.2) is 145 Å². The molecule has 5 aromatic carbocycles. The Hall–Kier alpha value is -5.88. The molecule has 1 aliphatic carbocycles. The highest BCUT2D eigenvalue weighted by Gasteiger charge is 2.41. The number of hydrogen-bond acceptors (Lipinski definition) is 6. The molecule has 0 N–H and O–H groups in total. The lowest BCUT2D eigenvalue weighted by Crippen LogP contribution is -2.32. The fraction of sp³-hybridized carbons (Fsp3) is 0.100. The second kappa shape index (κ2) is 10.9. The van der Waals surface area contributed by atoms with E-state index in [4.69, 9.17) is 9.97 Å². The summed E-state index contributed by atoms with van der Waals surface area (Å²) < 4.78 is 0. The van der Waals surface area contributed by atoms with Gasteiger partial charge in [0.2, 0.25) is 0 Å². The topological polar surface area (TPSA) is 66.4 Å². The molecule has 6 nitrogen and oxygen atoms in total. The van der Waals surface area contributed by atoms with Gasteiger partial charge in [0, 0.05) is 11.1 Å². The largest absolute Gasteiger partial charge is 0.302 e. The van der Waals surface area contributed by atoms with Gasteiger partial charge in [-0.05, 0) is 72.2 Å². The molecule has 6 aromatic rings. The first-order valence-electron chi connectivity index (χ1n) is 15.5. The molecule has 2 unspecified atom stereocenters. The Morgan fingerprint density at radius 3 is 1.41 bits per heavy atom. The Morgan fingerprint density at radius 1 is 0.543 bits per heavy atom. The van der Waals surface area contributed by atoms with Gasteiger partial charge in [0.15, 0.2) is 23.2 Å². The van der Waals surface area contributed by atoms with Gasteiger partial charge in [-0.1, -0.05) is 97.1 Å². The van der Waals surface area contributed by atoms with Crippen molar-refractivity contribution in [1.82, 2.24) is 9.97 Å². The third-order valence-corrected chi connectivity index (χ3v) is 9.09. The number of Topliss-reactive ketones (excluding diaryl/α,β-unsaturated/α-hetero) is 2. The summed E-state index contributed by atoms with van der Waals surface area (Å²) in [5.41, 5.74) is 4.83. The maximum absolute atomic E-state index is 13.7. The first kappa shape index (κ1) is 27.7. The molecule has 2 atom stereocenters. The molecule has 0 saturated carbocycles. The van der Waals surface area contributed by atoms with Crippen LogP contribution in [0.3, 0.4) is 0 Å². The van der Waals surface area contributed by atoms with E-state index >= 15 is 0 Å². The number of anilines is 2. The highest BCUT2D eigenvalue weighted by molar-refractivity contribution is 6.40. The van der Waals surface area contributed by atoms with Gasteiger partial charge in [0.1, 0.15) is 5.82 Å². The number of rotatable bonds is 5. The van der Waals surface area contributed by atoms with E-state index in [1.165, 1.54) is 0 Å². The van der Waals surface area contributed by atoms with Crippen molar-refractivity contribution in [1.29, 1.82) is 0 Å². The lowest BCUT2D eigenvalue weighted by Gasteiger charge is -2.32. The van der Waals surface area contributed by atoms with E-state index in [1.807, 2.05) is 103 Å². The number of allylic oxidation sites excluding steroid dienone is 3. The molecule has 6 heteroatoms. The van der Waals surface area contributed by atoms with E-state index in [0.717, 1.165) is 50.4 Å². The van der Waals surface area contributed by atoms with E-state index in [9.17, 15) is 9.59 Å². The number of carbonyl (C=O) groups excluding carboxylic acids is 2. The molecule has 2 heterocycles. The monoisotopic (exact) mass is 598 g/mol. The van der Waals surface area contributed by atoms with Crippen molar-refractivity contribution < 1.29 is 9.59 Å².